The van der Waals surface area contributed by atoms with Crippen LogP contribution in [-0.2, 0) is 9.53 Å². The van der Waals surface area contributed by atoms with Gasteiger partial charge in [-0.2, -0.15) is 0 Å². The lowest BCUT2D eigenvalue weighted by Crippen LogP contribution is -2.29. The number of esters is 1. The predicted molar refractivity (Wildman–Crippen MR) is 69.2 cm³/mol. The molecule has 0 fully saturated rings. The van der Waals surface area contributed by atoms with E-state index in [-0.39, 0.29) is 12.5 Å². The van der Waals surface area contributed by atoms with Gasteiger partial charge in [0.2, 0.25) is 0 Å². The second-order valence-electron chi connectivity index (χ2n) is 3.95. The Bertz CT molecular complexity index is 444. The Balaban J connectivity index is 2.55. The summed E-state index contributed by atoms with van der Waals surface area (Å²) in [4.78, 5) is 23.0. The lowest BCUT2D eigenvalue weighted by molar-refractivity contribution is -0.124. The average Bonchev–Trinajstić information content (AvgIpc) is 2.36. The highest BCUT2D eigenvalue weighted by molar-refractivity contribution is 5.94. The molecule has 0 aliphatic carbocycles. The standard InChI is InChI=1S/C13H18N2O3/c1-3-7-15-12(16)8-18-13(17)10-5-4-6-11(14)9(10)2/h4-6H,3,7-8,14H2,1-2H3,(H,15,16). The Morgan fingerprint density at radius 1 is 1.39 bits per heavy atom. The Kier molecular flexibility index (Phi) is 5.17. The molecule has 0 spiro atoms. The molecule has 0 saturated heterocycles. The molecule has 98 valence electrons. The quantitative estimate of drug-likeness (QED) is 0.609. The number of nitrogens with one attached hydrogen (secondary N) is 1. The number of benzene rings is 1. The predicted octanol–water partition coefficient (Wildman–Crippen LogP) is 1.26. The van der Waals surface area contributed by atoms with Gasteiger partial charge in [0, 0.05) is 12.2 Å². The van der Waals surface area contributed by atoms with E-state index in [2.05, 4.69) is 5.32 Å². The highest BCUT2D eigenvalue weighted by Gasteiger charge is 2.13. The van der Waals surface area contributed by atoms with Crippen LogP contribution in [0.2, 0.25) is 0 Å². The maximum atomic E-state index is 11.7. The van der Waals surface area contributed by atoms with Crippen LogP contribution in [0.4, 0.5) is 5.69 Å². The van der Waals surface area contributed by atoms with Crippen molar-refractivity contribution in [3.8, 4) is 0 Å². The smallest absolute Gasteiger partial charge is 0.338 e. The third kappa shape index (κ3) is 3.76. The van der Waals surface area contributed by atoms with Crippen LogP contribution < -0.4 is 11.1 Å². The van der Waals surface area contributed by atoms with Crippen molar-refractivity contribution in [2.75, 3.05) is 18.9 Å². The van der Waals surface area contributed by atoms with Gasteiger partial charge in [-0.05, 0) is 31.0 Å². The first kappa shape index (κ1) is 14.0. The minimum absolute atomic E-state index is 0.271. The summed E-state index contributed by atoms with van der Waals surface area (Å²) >= 11 is 0. The van der Waals surface area contributed by atoms with Crippen LogP contribution in [0.5, 0.6) is 0 Å². The molecule has 5 nitrogen and oxygen atoms in total. The molecule has 0 aromatic heterocycles. The maximum absolute atomic E-state index is 11.7. The van der Waals surface area contributed by atoms with Crippen molar-refractivity contribution < 1.29 is 14.3 Å². The van der Waals surface area contributed by atoms with Gasteiger partial charge in [0.25, 0.3) is 5.91 Å². The van der Waals surface area contributed by atoms with Crippen molar-refractivity contribution in [1.82, 2.24) is 5.32 Å². The third-order valence-corrected chi connectivity index (χ3v) is 2.50. The lowest BCUT2D eigenvalue weighted by atomic mass is 10.1. The minimum atomic E-state index is -0.536. The normalized spacial score (nSPS) is 9.89. The lowest BCUT2D eigenvalue weighted by Gasteiger charge is -2.08. The third-order valence-electron chi connectivity index (χ3n) is 2.50. The van der Waals surface area contributed by atoms with Gasteiger partial charge in [-0.3, -0.25) is 4.79 Å². The summed E-state index contributed by atoms with van der Waals surface area (Å²) in [7, 11) is 0. The molecule has 0 aliphatic rings. The van der Waals surface area contributed by atoms with Gasteiger partial charge >= 0.3 is 5.97 Å². The van der Waals surface area contributed by atoms with E-state index in [0.717, 1.165) is 6.42 Å². The molecule has 0 saturated carbocycles. The number of amides is 1. The zero-order valence-electron chi connectivity index (χ0n) is 10.7. The van der Waals surface area contributed by atoms with E-state index >= 15 is 0 Å². The van der Waals surface area contributed by atoms with Gasteiger partial charge in [-0.25, -0.2) is 4.79 Å². The first-order chi connectivity index (χ1) is 8.56. The van der Waals surface area contributed by atoms with E-state index in [1.165, 1.54) is 0 Å². The van der Waals surface area contributed by atoms with Crippen LogP contribution in [0.25, 0.3) is 0 Å². The molecule has 0 heterocycles. The van der Waals surface area contributed by atoms with Gasteiger partial charge in [-0.1, -0.05) is 13.0 Å². The van der Waals surface area contributed by atoms with E-state index in [1.54, 1.807) is 25.1 Å². The van der Waals surface area contributed by atoms with Crippen molar-refractivity contribution in [3.63, 3.8) is 0 Å². The molecule has 3 N–H and O–H groups in total. The SMILES string of the molecule is CCCNC(=O)COC(=O)c1cccc(N)c1C. The highest BCUT2D eigenvalue weighted by atomic mass is 16.5. The Labute approximate surface area is 106 Å². The van der Waals surface area contributed by atoms with Crippen molar-refractivity contribution in [2.45, 2.75) is 20.3 Å². The molecule has 1 aromatic rings. The molecule has 0 atom stereocenters. The molecule has 0 aliphatic heterocycles. The fourth-order valence-electron chi connectivity index (χ4n) is 1.40. The molecule has 1 aromatic carbocycles. The van der Waals surface area contributed by atoms with E-state index in [1.807, 2.05) is 6.92 Å². The summed E-state index contributed by atoms with van der Waals surface area (Å²) in [6.45, 7) is 3.99. The van der Waals surface area contributed by atoms with Gasteiger partial charge in [0.15, 0.2) is 6.61 Å². The Morgan fingerprint density at radius 2 is 2.11 bits per heavy atom. The van der Waals surface area contributed by atoms with Crippen molar-refractivity contribution in [3.05, 3.63) is 29.3 Å². The molecule has 1 amide bonds. The van der Waals surface area contributed by atoms with Crippen LogP contribution in [0.1, 0.15) is 29.3 Å². The summed E-state index contributed by atoms with van der Waals surface area (Å²) < 4.78 is 4.92. The van der Waals surface area contributed by atoms with Gasteiger partial charge in [-0.15, -0.1) is 0 Å². The van der Waals surface area contributed by atoms with Crippen LogP contribution in [0, 0.1) is 6.92 Å². The van der Waals surface area contributed by atoms with E-state index in [4.69, 9.17) is 10.5 Å². The first-order valence-electron chi connectivity index (χ1n) is 5.85. The minimum Gasteiger partial charge on any atom is -0.452 e. The van der Waals surface area contributed by atoms with Gasteiger partial charge in [0.05, 0.1) is 5.56 Å². The second kappa shape index (κ2) is 6.64. The zero-order chi connectivity index (χ0) is 13.5. The van der Waals surface area contributed by atoms with Crippen molar-refractivity contribution >= 4 is 17.6 Å². The molecule has 0 unspecified atom stereocenters. The number of anilines is 1. The highest BCUT2D eigenvalue weighted by Crippen LogP contribution is 2.16. The molecule has 0 radical (unpaired) electrons. The van der Waals surface area contributed by atoms with Crippen LogP contribution >= 0.6 is 0 Å². The summed E-state index contributed by atoms with van der Waals surface area (Å²) in [5.74, 6) is -0.835. The summed E-state index contributed by atoms with van der Waals surface area (Å²) in [6.07, 6.45) is 0.841. The molecule has 18 heavy (non-hydrogen) atoms. The van der Waals surface area contributed by atoms with Crippen molar-refractivity contribution in [2.24, 2.45) is 0 Å². The largest absolute Gasteiger partial charge is 0.452 e. The number of carbonyl (C=O) groups excluding carboxylic acids is 2. The molecular formula is C13H18N2O3. The molecule has 5 heteroatoms. The van der Waals surface area contributed by atoms with E-state index < -0.39 is 5.97 Å². The number of hydrogen-bond donors (Lipinski definition) is 2. The zero-order valence-corrected chi connectivity index (χ0v) is 10.7. The number of nitrogens with two attached hydrogens (primary N) is 1. The number of carbonyl (C=O) groups is 2. The fraction of sp³-hybridized carbons (Fsp3) is 0.385. The number of nitrogen functional groups attached to an aromatic ring is 1. The first-order valence-corrected chi connectivity index (χ1v) is 5.85. The topological polar surface area (TPSA) is 81.4 Å². The average molecular weight is 250 g/mol. The fourth-order valence-corrected chi connectivity index (χ4v) is 1.40. The molecule has 0 bridgehead atoms. The molecular weight excluding hydrogens is 232 g/mol. The summed E-state index contributed by atoms with van der Waals surface area (Å²) in [5, 5.41) is 2.62. The summed E-state index contributed by atoms with van der Waals surface area (Å²) in [6, 6.07) is 5.01. The maximum Gasteiger partial charge on any atom is 0.338 e. The molecule has 1 rings (SSSR count). The van der Waals surface area contributed by atoms with Crippen LogP contribution in [0.15, 0.2) is 18.2 Å². The van der Waals surface area contributed by atoms with Crippen molar-refractivity contribution in [1.29, 1.82) is 0 Å². The van der Waals surface area contributed by atoms with E-state index in [9.17, 15) is 9.59 Å². The summed E-state index contributed by atoms with van der Waals surface area (Å²) in [5.41, 5.74) is 7.27. The van der Waals surface area contributed by atoms with Gasteiger partial charge in [0.1, 0.15) is 0 Å². The number of hydrogen-bond acceptors (Lipinski definition) is 4. The van der Waals surface area contributed by atoms with Gasteiger partial charge < -0.3 is 15.8 Å². The van der Waals surface area contributed by atoms with E-state index in [0.29, 0.717) is 23.4 Å². The monoisotopic (exact) mass is 250 g/mol. The van der Waals surface area contributed by atoms with Crippen LogP contribution in [-0.4, -0.2) is 25.0 Å². The Hall–Kier alpha value is -2.04. The Morgan fingerprint density at radius 3 is 2.78 bits per heavy atom. The number of ether oxygens (including phenoxy) is 1. The second-order valence-corrected chi connectivity index (χ2v) is 3.95. The van der Waals surface area contributed by atoms with Crippen LogP contribution in [0.3, 0.4) is 0 Å². The number of rotatable bonds is 5.